The highest BCUT2D eigenvalue weighted by Gasteiger charge is 2.14. The molecule has 2 rings (SSSR count). The minimum absolute atomic E-state index is 0.166. The summed E-state index contributed by atoms with van der Waals surface area (Å²) in [5, 5.41) is 12.6. The van der Waals surface area contributed by atoms with Gasteiger partial charge in [0.1, 0.15) is 5.82 Å². The lowest BCUT2D eigenvalue weighted by molar-refractivity contribution is 0.0850. The first-order valence-electron chi connectivity index (χ1n) is 7.17. The molecule has 5 heteroatoms. The van der Waals surface area contributed by atoms with Gasteiger partial charge in [-0.2, -0.15) is 0 Å². The molecule has 0 aromatic carbocycles. The fraction of sp³-hybridized carbons (Fsp3) is 0.375. The molecule has 0 saturated heterocycles. The normalized spacial score (nSPS) is 13.7. The summed E-state index contributed by atoms with van der Waals surface area (Å²) in [6, 6.07) is 7.35. The van der Waals surface area contributed by atoms with Crippen LogP contribution in [0.1, 0.15) is 30.6 Å². The average molecular weight is 287 g/mol. The van der Waals surface area contributed by atoms with E-state index in [1.165, 1.54) is 0 Å². The van der Waals surface area contributed by atoms with Gasteiger partial charge in [-0.25, -0.2) is 4.98 Å². The van der Waals surface area contributed by atoms with Crippen LogP contribution < -0.4 is 5.32 Å². The summed E-state index contributed by atoms with van der Waals surface area (Å²) in [6.45, 7) is 4.23. The van der Waals surface area contributed by atoms with Crippen LogP contribution in [-0.2, 0) is 0 Å². The van der Waals surface area contributed by atoms with Gasteiger partial charge in [-0.3, -0.25) is 4.79 Å². The molecule has 0 aliphatic carbocycles. The minimum atomic E-state index is -0.522. The lowest BCUT2D eigenvalue weighted by Gasteiger charge is -2.17. The van der Waals surface area contributed by atoms with Gasteiger partial charge in [0, 0.05) is 25.1 Å². The van der Waals surface area contributed by atoms with Crippen LogP contribution in [0.5, 0.6) is 0 Å². The van der Waals surface area contributed by atoms with Gasteiger partial charge in [0.05, 0.1) is 11.7 Å². The van der Waals surface area contributed by atoms with Crippen molar-refractivity contribution in [1.29, 1.82) is 0 Å². The molecule has 5 nitrogen and oxygen atoms in total. The summed E-state index contributed by atoms with van der Waals surface area (Å²) in [5.74, 6) is 0.708. The molecule has 0 bridgehead atoms. The van der Waals surface area contributed by atoms with Gasteiger partial charge in [-0.15, -0.1) is 0 Å². The fourth-order valence-corrected chi connectivity index (χ4v) is 1.93. The zero-order valence-electron chi connectivity index (χ0n) is 12.4. The smallest absolute Gasteiger partial charge is 0.252 e. The molecular formula is C16H21N3O2. The lowest BCUT2D eigenvalue weighted by Crippen LogP contribution is -2.35. The largest absolute Gasteiger partial charge is 0.391 e. The molecule has 0 saturated carbocycles. The number of rotatable bonds is 6. The van der Waals surface area contributed by atoms with Gasteiger partial charge >= 0.3 is 0 Å². The Kier molecular flexibility index (Phi) is 5.11. The number of aliphatic hydroxyl groups excluding tert-OH is 1. The Morgan fingerprint density at radius 2 is 2.10 bits per heavy atom. The Labute approximate surface area is 124 Å². The monoisotopic (exact) mass is 287 g/mol. The van der Waals surface area contributed by atoms with Crippen molar-refractivity contribution in [3.05, 3.63) is 48.4 Å². The Bertz CT molecular complexity index is 564. The van der Waals surface area contributed by atoms with E-state index in [9.17, 15) is 9.90 Å². The maximum atomic E-state index is 12.0. The standard InChI is InChI=1S/C16H21N3O2/c1-3-12(2)14(20)11-18-16(21)13-6-7-15(17-10-13)19-8-4-5-9-19/h4-10,12,14,20H,3,11H2,1-2H3,(H,18,21). The van der Waals surface area contributed by atoms with Gasteiger partial charge in [0.2, 0.25) is 0 Å². The Morgan fingerprint density at radius 3 is 2.67 bits per heavy atom. The molecule has 2 aromatic heterocycles. The predicted molar refractivity (Wildman–Crippen MR) is 81.4 cm³/mol. The van der Waals surface area contributed by atoms with E-state index in [-0.39, 0.29) is 18.4 Å². The van der Waals surface area contributed by atoms with Crippen LogP contribution in [0.3, 0.4) is 0 Å². The van der Waals surface area contributed by atoms with Crippen LogP contribution >= 0.6 is 0 Å². The van der Waals surface area contributed by atoms with E-state index in [1.807, 2.05) is 42.9 Å². The molecule has 2 unspecified atom stereocenters. The molecule has 21 heavy (non-hydrogen) atoms. The number of amides is 1. The second kappa shape index (κ2) is 7.04. The fourth-order valence-electron chi connectivity index (χ4n) is 1.93. The van der Waals surface area contributed by atoms with Gasteiger partial charge in [-0.1, -0.05) is 20.3 Å². The van der Waals surface area contributed by atoms with Gasteiger partial charge in [-0.05, 0) is 30.2 Å². The number of nitrogens with zero attached hydrogens (tertiary/aromatic N) is 2. The third kappa shape index (κ3) is 3.92. The number of hydrogen-bond acceptors (Lipinski definition) is 3. The highest BCUT2D eigenvalue weighted by molar-refractivity contribution is 5.93. The Balaban J connectivity index is 1.94. The number of aliphatic hydroxyl groups is 1. The van der Waals surface area contributed by atoms with E-state index >= 15 is 0 Å². The van der Waals surface area contributed by atoms with Crippen LogP contribution in [0.4, 0.5) is 0 Å². The summed E-state index contributed by atoms with van der Waals surface area (Å²) in [5.41, 5.74) is 0.488. The van der Waals surface area contributed by atoms with E-state index in [0.29, 0.717) is 5.56 Å². The van der Waals surface area contributed by atoms with Gasteiger partial charge in [0.15, 0.2) is 0 Å². The van der Waals surface area contributed by atoms with Crippen molar-refractivity contribution in [1.82, 2.24) is 14.9 Å². The topological polar surface area (TPSA) is 67.2 Å². The van der Waals surface area contributed by atoms with E-state index in [1.54, 1.807) is 18.3 Å². The maximum Gasteiger partial charge on any atom is 0.252 e. The zero-order chi connectivity index (χ0) is 15.2. The molecule has 112 valence electrons. The number of nitrogens with one attached hydrogen (secondary N) is 1. The molecule has 0 radical (unpaired) electrons. The van der Waals surface area contributed by atoms with Crippen molar-refractivity contribution < 1.29 is 9.90 Å². The Morgan fingerprint density at radius 1 is 1.38 bits per heavy atom. The molecule has 2 aromatic rings. The second-order valence-electron chi connectivity index (χ2n) is 5.16. The van der Waals surface area contributed by atoms with Crippen LogP contribution in [-0.4, -0.2) is 33.2 Å². The average Bonchev–Trinajstić information content (AvgIpc) is 3.06. The highest BCUT2D eigenvalue weighted by atomic mass is 16.3. The third-order valence-corrected chi connectivity index (χ3v) is 3.65. The summed E-state index contributed by atoms with van der Waals surface area (Å²) in [4.78, 5) is 16.2. The Hall–Kier alpha value is -2.14. The molecule has 0 aliphatic rings. The zero-order valence-corrected chi connectivity index (χ0v) is 12.4. The van der Waals surface area contributed by atoms with Crippen molar-refractivity contribution in [3.63, 3.8) is 0 Å². The number of carbonyl (C=O) groups excluding carboxylic acids is 1. The summed E-state index contributed by atoms with van der Waals surface area (Å²) in [6.07, 6.45) is 5.69. The molecule has 0 spiro atoms. The van der Waals surface area contributed by atoms with Crippen molar-refractivity contribution in [2.45, 2.75) is 26.4 Å². The highest BCUT2D eigenvalue weighted by Crippen LogP contribution is 2.08. The molecule has 0 aliphatic heterocycles. The van der Waals surface area contributed by atoms with Crippen LogP contribution in [0.2, 0.25) is 0 Å². The molecule has 1 amide bonds. The summed E-state index contributed by atoms with van der Waals surface area (Å²) in [7, 11) is 0. The van der Waals surface area contributed by atoms with E-state index in [4.69, 9.17) is 0 Å². The predicted octanol–water partition coefficient (Wildman–Crippen LogP) is 2.01. The van der Waals surface area contributed by atoms with Crippen LogP contribution in [0.25, 0.3) is 5.82 Å². The van der Waals surface area contributed by atoms with Crippen molar-refractivity contribution in [2.75, 3.05) is 6.54 Å². The molecule has 2 N–H and O–H groups in total. The van der Waals surface area contributed by atoms with Crippen LogP contribution in [0, 0.1) is 5.92 Å². The molecule has 2 heterocycles. The number of pyridine rings is 1. The number of carbonyl (C=O) groups is 1. The molecule has 0 fully saturated rings. The van der Waals surface area contributed by atoms with Crippen molar-refractivity contribution in [2.24, 2.45) is 5.92 Å². The SMILES string of the molecule is CCC(C)C(O)CNC(=O)c1ccc(-n2cccc2)nc1. The minimum Gasteiger partial charge on any atom is -0.391 e. The van der Waals surface area contributed by atoms with E-state index in [2.05, 4.69) is 10.3 Å². The van der Waals surface area contributed by atoms with E-state index in [0.717, 1.165) is 12.2 Å². The van der Waals surface area contributed by atoms with Crippen molar-refractivity contribution >= 4 is 5.91 Å². The first-order valence-corrected chi connectivity index (χ1v) is 7.17. The van der Waals surface area contributed by atoms with Gasteiger partial charge in [0.25, 0.3) is 5.91 Å². The van der Waals surface area contributed by atoms with Crippen molar-refractivity contribution in [3.8, 4) is 5.82 Å². The lowest BCUT2D eigenvalue weighted by atomic mass is 10.0. The molecule has 2 atom stereocenters. The van der Waals surface area contributed by atoms with Gasteiger partial charge < -0.3 is 15.0 Å². The quantitative estimate of drug-likeness (QED) is 0.854. The summed E-state index contributed by atoms with van der Waals surface area (Å²) < 4.78 is 1.87. The molecular weight excluding hydrogens is 266 g/mol. The third-order valence-electron chi connectivity index (χ3n) is 3.65. The second-order valence-corrected chi connectivity index (χ2v) is 5.16. The summed E-state index contributed by atoms with van der Waals surface area (Å²) >= 11 is 0. The number of hydrogen-bond donors (Lipinski definition) is 2. The first-order chi connectivity index (χ1) is 10.1. The number of aromatic nitrogens is 2. The maximum absolute atomic E-state index is 12.0. The van der Waals surface area contributed by atoms with E-state index < -0.39 is 6.10 Å². The van der Waals surface area contributed by atoms with Crippen LogP contribution in [0.15, 0.2) is 42.9 Å². The first kappa shape index (κ1) is 15.3.